The number of hydrogen-bond acceptors (Lipinski definition) is 5. The van der Waals surface area contributed by atoms with E-state index in [9.17, 15) is 14.7 Å². The fourth-order valence-corrected chi connectivity index (χ4v) is 1.84. The minimum absolute atomic E-state index is 0.0995. The molecule has 0 aliphatic heterocycles. The number of carbonyl (C=O) groups excluding carboxylic acids is 2. The minimum atomic E-state index is -0.956. The second-order valence-electron chi connectivity index (χ2n) is 4.40. The molecular weight excluding hydrogens is 366 g/mol. The highest BCUT2D eigenvalue weighted by Gasteiger charge is 2.12. The number of amides is 2. The van der Waals surface area contributed by atoms with Gasteiger partial charge >= 0.3 is 11.8 Å². The summed E-state index contributed by atoms with van der Waals surface area (Å²) in [4.78, 5) is 23.3. The van der Waals surface area contributed by atoms with Crippen molar-refractivity contribution in [2.24, 2.45) is 5.10 Å². The predicted molar refractivity (Wildman–Crippen MR) is 88.3 cm³/mol. The zero-order valence-corrected chi connectivity index (χ0v) is 13.2. The van der Waals surface area contributed by atoms with Gasteiger partial charge in [0.25, 0.3) is 0 Å². The third-order valence-electron chi connectivity index (χ3n) is 2.69. The van der Waals surface area contributed by atoms with E-state index < -0.39 is 11.8 Å². The van der Waals surface area contributed by atoms with Gasteiger partial charge in [0.05, 0.1) is 6.21 Å². The van der Waals surface area contributed by atoms with Crippen molar-refractivity contribution in [3.05, 3.63) is 52.5 Å². The van der Waals surface area contributed by atoms with Crippen LogP contribution >= 0.6 is 15.9 Å². The maximum absolute atomic E-state index is 11.7. The third-order valence-corrected chi connectivity index (χ3v) is 3.22. The molecule has 7 nitrogen and oxygen atoms in total. The average molecular weight is 378 g/mol. The van der Waals surface area contributed by atoms with Crippen LogP contribution in [0.25, 0.3) is 0 Å². The Morgan fingerprint density at radius 3 is 2.39 bits per heavy atom. The van der Waals surface area contributed by atoms with Crippen LogP contribution in [0.4, 0.5) is 5.69 Å². The topological polar surface area (TPSA) is 111 Å². The van der Waals surface area contributed by atoms with Gasteiger partial charge in [-0.3, -0.25) is 9.59 Å². The number of nitrogens with one attached hydrogen (secondary N) is 2. The van der Waals surface area contributed by atoms with Crippen molar-refractivity contribution in [1.82, 2.24) is 5.43 Å². The van der Waals surface area contributed by atoms with E-state index in [-0.39, 0.29) is 17.1 Å². The third kappa shape index (κ3) is 4.82. The van der Waals surface area contributed by atoms with Gasteiger partial charge in [0.1, 0.15) is 11.5 Å². The Morgan fingerprint density at radius 1 is 1.04 bits per heavy atom. The molecule has 0 fully saturated rings. The molecule has 118 valence electrons. The molecule has 2 aromatic carbocycles. The Kier molecular flexibility index (Phi) is 5.32. The fourth-order valence-electron chi connectivity index (χ4n) is 1.57. The number of benzene rings is 2. The minimum Gasteiger partial charge on any atom is -0.508 e. The van der Waals surface area contributed by atoms with Gasteiger partial charge in [0.2, 0.25) is 0 Å². The van der Waals surface area contributed by atoms with Crippen molar-refractivity contribution in [2.45, 2.75) is 0 Å². The largest absolute Gasteiger partial charge is 0.508 e. The molecule has 0 aliphatic rings. The molecule has 0 radical (unpaired) electrons. The molecule has 2 amide bonds. The molecular formula is C15H12BrN3O4. The van der Waals surface area contributed by atoms with Crippen LogP contribution in [-0.2, 0) is 9.59 Å². The Labute approximate surface area is 139 Å². The van der Waals surface area contributed by atoms with E-state index in [1.54, 1.807) is 24.3 Å². The second kappa shape index (κ2) is 7.41. The predicted octanol–water partition coefficient (Wildman–Crippen LogP) is 1.95. The molecule has 4 N–H and O–H groups in total. The van der Waals surface area contributed by atoms with E-state index in [1.807, 2.05) is 5.43 Å². The van der Waals surface area contributed by atoms with Crippen molar-refractivity contribution < 1.29 is 19.8 Å². The van der Waals surface area contributed by atoms with Crippen LogP contribution in [-0.4, -0.2) is 28.2 Å². The maximum atomic E-state index is 11.7. The van der Waals surface area contributed by atoms with E-state index in [1.165, 1.54) is 12.1 Å². The first kappa shape index (κ1) is 16.5. The maximum Gasteiger partial charge on any atom is 0.329 e. The molecule has 0 saturated heterocycles. The van der Waals surface area contributed by atoms with E-state index in [0.717, 1.165) is 16.8 Å². The molecule has 0 aliphatic carbocycles. The lowest BCUT2D eigenvalue weighted by Gasteiger charge is -2.04. The number of phenols is 2. The van der Waals surface area contributed by atoms with Crippen molar-refractivity contribution in [1.29, 1.82) is 0 Å². The number of halogens is 1. The van der Waals surface area contributed by atoms with Crippen LogP contribution < -0.4 is 10.7 Å². The first-order chi connectivity index (χ1) is 11.0. The normalized spacial score (nSPS) is 10.5. The van der Waals surface area contributed by atoms with Crippen molar-refractivity contribution in [3.63, 3.8) is 0 Å². The highest BCUT2D eigenvalue weighted by Crippen LogP contribution is 2.20. The van der Waals surface area contributed by atoms with Gasteiger partial charge in [0, 0.05) is 21.8 Å². The first-order valence-electron chi connectivity index (χ1n) is 6.37. The van der Waals surface area contributed by atoms with Gasteiger partial charge < -0.3 is 15.5 Å². The first-order valence-corrected chi connectivity index (χ1v) is 7.17. The van der Waals surface area contributed by atoms with E-state index in [2.05, 4.69) is 26.3 Å². The molecule has 0 atom stereocenters. The second-order valence-corrected chi connectivity index (χ2v) is 5.32. The summed E-state index contributed by atoms with van der Waals surface area (Å²) in [6.07, 6.45) is 1.15. The Balaban J connectivity index is 1.92. The van der Waals surface area contributed by atoms with Gasteiger partial charge in [0.15, 0.2) is 0 Å². The molecule has 8 heteroatoms. The summed E-state index contributed by atoms with van der Waals surface area (Å²) in [5.41, 5.74) is 2.78. The lowest BCUT2D eigenvalue weighted by Crippen LogP contribution is -2.32. The van der Waals surface area contributed by atoms with Gasteiger partial charge in [-0.1, -0.05) is 15.9 Å². The highest BCUT2D eigenvalue weighted by atomic mass is 79.9. The number of nitrogens with zero attached hydrogens (tertiary/aromatic N) is 1. The standard InChI is InChI=1S/C15H12BrN3O4/c16-10-2-4-11(5-3-10)18-14(22)15(23)19-17-8-9-1-6-12(20)7-13(9)21/h1-8,20-21H,(H,18,22)(H,19,23)/b17-8+. The van der Waals surface area contributed by atoms with Gasteiger partial charge in [-0.15, -0.1) is 0 Å². The Hall–Kier alpha value is -2.87. The average Bonchev–Trinajstić information content (AvgIpc) is 2.51. The van der Waals surface area contributed by atoms with Crippen LogP contribution in [0, 0.1) is 0 Å². The molecule has 0 heterocycles. The quantitative estimate of drug-likeness (QED) is 0.372. The van der Waals surface area contributed by atoms with Crippen LogP contribution in [0.15, 0.2) is 52.0 Å². The van der Waals surface area contributed by atoms with Crippen molar-refractivity contribution >= 4 is 39.6 Å². The molecule has 2 rings (SSSR count). The summed E-state index contributed by atoms with van der Waals surface area (Å²) in [5, 5.41) is 24.7. The highest BCUT2D eigenvalue weighted by molar-refractivity contribution is 9.10. The van der Waals surface area contributed by atoms with Crippen molar-refractivity contribution in [3.8, 4) is 11.5 Å². The summed E-state index contributed by atoms with van der Waals surface area (Å²) >= 11 is 3.26. The molecule has 23 heavy (non-hydrogen) atoms. The number of anilines is 1. The lowest BCUT2D eigenvalue weighted by molar-refractivity contribution is -0.136. The van der Waals surface area contributed by atoms with E-state index in [0.29, 0.717) is 5.69 Å². The number of rotatable bonds is 3. The number of phenolic OH excluding ortho intramolecular Hbond substituents is 2. The summed E-state index contributed by atoms with van der Waals surface area (Å²) < 4.78 is 0.846. The Morgan fingerprint density at radius 2 is 1.74 bits per heavy atom. The van der Waals surface area contributed by atoms with Crippen LogP contribution in [0.2, 0.25) is 0 Å². The van der Waals surface area contributed by atoms with Crippen LogP contribution in [0.3, 0.4) is 0 Å². The molecule has 0 unspecified atom stereocenters. The number of aromatic hydroxyl groups is 2. The summed E-state index contributed by atoms with van der Waals surface area (Å²) in [5.74, 6) is -2.14. The molecule has 0 saturated carbocycles. The monoisotopic (exact) mass is 377 g/mol. The number of hydrogen-bond donors (Lipinski definition) is 4. The SMILES string of the molecule is O=C(N/N=C/c1ccc(O)cc1O)C(=O)Nc1ccc(Br)cc1. The van der Waals surface area contributed by atoms with Crippen LogP contribution in [0.5, 0.6) is 11.5 Å². The summed E-state index contributed by atoms with van der Waals surface area (Å²) in [6.45, 7) is 0. The fraction of sp³-hybridized carbons (Fsp3) is 0. The molecule has 2 aromatic rings. The lowest BCUT2D eigenvalue weighted by atomic mass is 10.2. The van der Waals surface area contributed by atoms with E-state index >= 15 is 0 Å². The Bertz CT molecular complexity index is 760. The van der Waals surface area contributed by atoms with Crippen molar-refractivity contribution in [2.75, 3.05) is 5.32 Å². The molecule has 0 aromatic heterocycles. The number of hydrazone groups is 1. The van der Waals surface area contributed by atoms with Crippen LogP contribution in [0.1, 0.15) is 5.56 Å². The van der Waals surface area contributed by atoms with Gasteiger partial charge in [-0.2, -0.15) is 5.10 Å². The number of carbonyl (C=O) groups is 2. The zero-order valence-electron chi connectivity index (χ0n) is 11.7. The van der Waals surface area contributed by atoms with E-state index in [4.69, 9.17) is 5.11 Å². The summed E-state index contributed by atoms with van der Waals surface area (Å²) in [7, 11) is 0. The summed E-state index contributed by atoms with van der Waals surface area (Å²) in [6, 6.07) is 10.6. The molecule has 0 spiro atoms. The van der Waals surface area contributed by atoms with Gasteiger partial charge in [-0.25, -0.2) is 5.43 Å². The smallest absolute Gasteiger partial charge is 0.329 e. The molecule has 0 bridgehead atoms. The van der Waals surface area contributed by atoms with Gasteiger partial charge in [-0.05, 0) is 36.4 Å². The zero-order chi connectivity index (χ0) is 16.8.